The van der Waals surface area contributed by atoms with E-state index in [1.54, 1.807) is 6.26 Å². The third-order valence-corrected chi connectivity index (χ3v) is 2.56. The minimum Gasteiger partial charge on any atom is -0.417 e. The molecule has 0 radical (unpaired) electrons. The van der Waals surface area contributed by atoms with Gasteiger partial charge in [-0.05, 0) is 39.8 Å². The van der Waals surface area contributed by atoms with Gasteiger partial charge in [-0.2, -0.15) is 4.98 Å². The zero-order valence-corrected chi connectivity index (χ0v) is 11.9. The summed E-state index contributed by atoms with van der Waals surface area (Å²) < 4.78 is 10.8. The molecule has 0 saturated carbocycles. The maximum absolute atomic E-state index is 5.54. The molecule has 1 heterocycles. The lowest BCUT2D eigenvalue weighted by molar-refractivity contribution is 0.330. The van der Waals surface area contributed by atoms with E-state index in [0.29, 0.717) is 6.54 Å². The first-order chi connectivity index (χ1) is 8.92. The van der Waals surface area contributed by atoms with Crippen molar-refractivity contribution < 1.29 is 9.15 Å². The van der Waals surface area contributed by atoms with Crippen LogP contribution in [-0.4, -0.2) is 10.5 Å². The highest BCUT2D eigenvalue weighted by Gasteiger charge is 2.11. The number of ether oxygens (including phenoxy) is 1. The number of rotatable bonds is 4. The Bertz CT molecular complexity index is 524. The van der Waals surface area contributed by atoms with Gasteiger partial charge in [0, 0.05) is 12.1 Å². The molecule has 0 aliphatic heterocycles. The molecule has 0 atom stereocenters. The van der Waals surface area contributed by atoms with Crippen molar-refractivity contribution in [2.24, 2.45) is 0 Å². The number of aromatic nitrogens is 1. The Hall–Kier alpha value is -1.81. The molecular formula is C15H20N2O2. The molecule has 0 saturated heterocycles. The van der Waals surface area contributed by atoms with Crippen molar-refractivity contribution in [3.63, 3.8) is 0 Å². The number of nitrogens with zero attached hydrogens (tertiary/aromatic N) is 1. The van der Waals surface area contributed by atoms with E-state index in [2.05, 4.69) is 31.1 Å². The summed E-state index contributed by atoms with van der Waals surface area (Å²) in [5, 5.41) is 3.34. The van der Waals surface area contributed by atoms with Crippen LogP contribution < -0.4 is 10.1 Å². The maximum Gasteiger partial charge on any atom is 0.399 e. The van der Waals surface area contributed by atoms with Crippen molar-refractivity contribution in [2.45, 2.75) is 39.8 Å². The topological polar surface area (TPSA) is 47.3 Å². The van der Waals surface area contributed by atoms with Gasteiger partial charge in [0.1, 0.15) is 12.0 Å². The van der Waals surface area contributed by atoms with Crippen LogP contribution >= 0.6 is 0 Å². The fourth-order valence-corrected chi connectivity index (χ4v) is 1.48. The lowest BCUT2D eigenvalue weighted by atomic mass is 10.1. The second kappa shape index (κ2) is 5.45. The van der Waals surface area contributed by atoms with Gasteiger partial charge >= 0.3 is 6.08 Å². The van der Waals surface area contributed by atoms with E-state index in [4.69, 9.17) is 9.15 Å². The predicted octanol–water partition coefficient (Wildman–Crippen LogP) is 3.66. The highest BCUT2D eigenvalue weighted by molar-refractivity contribution is 5.28. The fourth-order valence-electron chi connectivity index (χ4n) is 1.48. The van der Waals surface area contributed by atoms with Crippen LogP contribution in [0.1, 0.15) is 32.0 Å². The van der Waals surface area contributed by atoms with E-state index in [9.17, 15) is 0 Å². The number of benzene rings is 1. The molecule has 0 unspecified atom stereocenters. The molecule has 4 heteroatoms. The lowest BCUT2D eigenvalue weighted by Gasteiger charge is -2.19. The number of nitrogens with one attached hydrogen (secondary N) is 1. The smallest absolute Gasteiger partial charge is 0.399 e. The highest BCUT2D eigenvalue weighted by Crippen LogP contribution is 2.21. The molecule has 102 valence electrons. The zero-order valence-electron chi connectivity index (χ0n) is 11.9. The SMILES string of the molecule is Cc1ccc(Oc2nc(CNC(C)(C)C)co2)cc1. The van der Waals surface area contributed by atoms with Crippen molar-refractivity contribution in [3.05, 3.63) is 41.8 Å². The number of hydrogen-bond acceptors (Lipinski definition) is 4. The Morgan fingerprint density at radius 2 is 1.89 bits per heavy atom. The minimum absolute atomic E-state index is 0.0525. The molecule has 0 spiro atoms. The van der Waals surface area contributed by atoms with Crippen LogP contribution in [0.15, 0.2) is 34.9 Å². The molecule has 0 bridgehead atoms. The molecule has 1 aromatic carbocycles. The van der Waals surface area contributed by atoms with E-state index in [0.717, 1.165) is 11.4 Å². The summed E-state index contributed by atoms with van der Waals surface area (Å²) in [6.07, 6.45) is 1.89. The maximum atomic E-state index is 5.54. The van der Waals surface area contributed by atoms with Gasteiger partial charge in [-0.25, -0.2) is 0 Å². The summed E-state index contributed by atoms with van der Waals surface area (Å²) in [4.78, 5) is 4.28. The monoisotopic (exact) mass is 260 g/mol. The van der Waals surface area contributed by atoms with Gasteiger partial charge in [-0.3, -0.25) is 0 Å². The molecule has 2 aromatic rings. The van der Waals surface area contributed by atoms with Crippen molar-refractivity contribution in [2.75, 3.05) is 0 Å². The number of oxazole rings is 1. The van der Waals surface area contributed by atoms with Gasteiger partial charge in [0.25, 0.3) is 0 Å². The van der Waals surface area contributed by atoms with Gasteiger partial charge in [0.15, 0.2) is 0 Å². The first kappa shape index (κ1) is 13.6. The Kier molecular flexibility index (Phi) is 3.90. The summed E-state index contributed by atoms with van der Waals surface area (Å²) >= 11 is 0. The summed E-state index contributed by atoms with van der Waals surface area (Å²) in [6, 6.07) is 7.76. The van der Waals surface area contributed by atoms with E-state index in [1.807, 2.05) is 31.2 Å². The average molecular weight is 260 g/mol. The van der Waals surface area contributed by atoms with Crippen LogP contribution in [0.2, 0.25) is 0 Å². The second-order valence-electron chi connectivity index (χ2n) is 5.62. The molecule has 0 amide bonds. The van der Waals surface area contributed by atoms with Gasteiger partial charge in [0.05, 0.1) is 5.69 Å². The highest BCUT2D eigenvalue weighted by atomic mass is 16.6. The van der Waals surface area contributed by atoms with Crippen LogP contribution in [0.3, 0.4) is 0 Å². The van der Waals surface area contributed by atoms with Gasteiger partial charge in [-0.15, -0.1) is 0 Å². The van der Waals surface area contributed by atoms with Crippen LogP contribution in [0.5, 0.6) is 11.8 Å². The van der Waals surface area contributed by atoms with Crippen molar-refractivity contribution in [1.29, 1.82) is 0 Å². The summed E-state index contributed by atoms with van der Waals surface area (Å²) in [6.45, 7) is 9.01. The zero-order chi connectivity index (χ0) is 13.9. The second-order valence-corrected chi connectivity index (χ2v) is 5.62. The molecule has 1 aromatic heterocycles. The molecule has 1 N–H and O–H groups in total. The molecular weight excluding hydrogens is 240 g/mol. The van der Waals surface area contributed by atoms with E-state index >= 15 is 0 Å². The van der Waals surface area contributed by atoms with Gasteiger partial charge < -0.3 is 14.5 Å². The Labute approximate surface area is 113 Å². The third kappa shape index (κ3) is 4.41. The van der Waals surface area contributed by atoms with E-state index in [-0.39, 0.29) is 11.6 Å². The van der Waals surface area contributed by atoms with Crippen LogP contribution in [0.4, 0.5) is 0 Å². The number of hydrogen-bond donors (Lipinski definition) is 1. The van der Waals surface area contributed by atoms with Gasteiger partial charge in [0.2, 0.25) is 0 Å². The fraction of sp³-hybridized carbons (Fsp3) is 0.400. The van der Waals surface area contributed by atoms with Crippen LogP contribution in [0, 0.1) is 6.92 Å². The standard InChI is InChI=1S/C15H20N2O2/c1-11-5-7-13(8-6-11)19-14-17-12(10-18-14)9-16-15(2,3)4/h5-8,10,16H,9H2,1-4H3. The van der Waals surface area contributed by atoms with E-state index < -0.39 is 0 Å². The normalized spacial score (nSPS) is 11.6. The number of aryl methyl sites for hydroxylation is 1. The van der Waals surface area contributed by atoms with E-state index in [1.165, 1.54) is 5.56 Å². The van der Waals surface area contributed by atoms with Crippen LogP contribution in [0.25, 0.3) is 0 Å². The van der Waals surface area contributed by atoms with Crippen molar-refractivity contribution >= 4 is 0 Å². The molecule has 2 rings (SSSR count). The van der Waals surface area contributed by atoms with Crippen molar-refractivity contribution in [1.82, 2.24) is 10.3 Å². The van der Waals surface area contributed by atoms with Gasteiger partial charge in [-0.1, -0.05) is 17.7 Å². The van der Waals surface area contributed by atoms with Crippen LogP contribution in [-0.2, 0) is 6.54 Å². The molecule has 19 heavy (non-hydrogen) atoms. The quantitative estimate of drug-likeness (QED) is 0.911. The Morgan fingerprint density at radius 3 is 2.53 bits per heavy atom. The molecule has 0 aliphatic rings. The summed E-state index contributed by atoms with van der Waals surface area (Å²) in [5.74, 6) is 0.725. The molecule has 0 fully saturated rings. The Morgan fingerprint density at radius 1 is 1.21 bits per heavy atom. The minimum atomic E-state index is 0.0525. The lowest BCUT2D eigenvalue weighted by Crippen LogP contribution is -2.35. The predicted molar refractivity (Wildman–Crippen MR) is 74.3 cm³/mol. The Balaban J connectivity index is 1.95. The summed E-state index contributed by atoms with van der Waals surface area (Å²) in [5.41, 5.74) is 2.07. The van der Waals surface area contributed by atoms with Crippen molar-refractivity contribution in [3.8, 4) is 11.8 Å². The third-order valence-electron chi connectivity index (χ3n) is 2.56. The molecule has 4 nitrogen and oxygen atoms in total. The summed E-state index contributed by atoms with van der Waals surface area (Å²) in [7, 11) is 0. The molecule has 0 aliphatic carbocycles. The first-order valence-electron chi connectivity index (χ1n) is 6.36. The average Bonchev–Trinajstić information content (AvgIpc) is 2.77. The first-order valence-corrected chi connectivity index (χ1v) is 6.36. The largest absolute Gasteiger partial charge is 0.417 e.